The lowest BCUT2D eigenvalue weighted by Gasteiger charge is -1.94. The summed E-state index contributed by atoms with van der Waals surface area (Å²) in [5.41, 5.74) is 0.0249. The molecule has 59 valence electrons. The summed E-state index contributed by atoms with van der Waals surface area (Å²) in [6.07, 6.45) is 0. The molecule has 0 unspecified atom stereocenters. The Balaban J connectivity index is 2.69. The fraction of sp³-hybridized carbons (Fsp3) is 0.333. The first-order chi connectivity index (χ1) is 5.24. The van der Waals surface area contributed by atoms with Gasteiger partial charge in [-0.2, -0.15) is 5.10 Å². The molecule has 0 aromatic carbocycles. The van der Waals surface area contributed by atoms with Crippen LogP contribution >= 0.6 is 0 Å². The Hall–Kier alpha value is -1.52. The minimum atomic E-state index is -0.578. The molecule has 0 bridgehead atoms. The molecule has 1 rings (SSSR count). The summed E-state index contributed by atoms with van der Waals surface area (Å²) in [5, 5.41) is 16.0. The van der Waals surface area contributed by atoms with Crippen LogP contribution in [0.1, 0.15) is 17.4 Å². The lowest BCUT2D eigenvalue weighted by Crippen LogP contribution is -2.04. The smallest absolute Gasteiger partial charge is 0.358 e. The van der Waals surface area contributed by atoms with Gasteiger partial charge in [-0.25, -0.2) is 9.89 Å². The van der Waals surface area contributed by atoms with Crippen LogP contribution in [0, 0.1) is 0 Å². The van der Waals surface area contributed by atoms with Gasteiger partial charge in [-0.05, 0) is 6.92 Å². The van der Waals surface area contributed by atoms with Gasteiger partial charge in [0, 0.05) is 6.07 Å². The molecule has 0 atom stereocenters. The second-order valence-electron chi connectivity index (χ2n) is 1.84. The van der Waals surface area contributed by atoms with E-state index in [-0.39, 0.29) is 12.3 Å². The molecular formula is C6H7N2O3. The number of ether oxygens (including phenoxy) is 1. The van der Waals surface area contributed by atoms with E-state index in [1.54, 1.807) is 6.92 Å². The van der Waals surface area contributed by atoms with Crippen molar-refractivity contribution in [3.05, 3.63) is 11.8 Å². The SMILES string of the molecule is CCOC(=O)c1cc([O])[nH]n1. The molecule has 1 radical (unpaired) electrons. The van der Waals surface area contributed by atoms with Crippen molar-refractivity contribution >= 4 is 5.97 Å². The summed E-state index contributed by atoms with van der Waals surface area (Å²) in [6.45, 7) is 1.96. The van der Waals surface area contributed by atoms with E-state index in [2.05, 4.69) is 14.9 Å². The van der Waals surface area contributed by atoms with E-state index in [0.717, 1.165) is 6.07 Å². The highest BCUT2D eigenvalue weighted by molar-refractivity contribution is 5.87. The van der Waals surface area contributed by atoms with Gasteiger partial charge in [-0.15, -0.1) is 0 Å². The molecule has 0 fully saturated rings. The Bertz CT molecular complexity index is 256. The van der Waals surface area contributed by atoms with Crippen LogP contribution in [0.25, 0.3) is 0 Å². The highest BCUT2D eigenvalue weighted by Gasteiger charge is 2.10. The third-order valence-electron chi connectivity index (χ3n) is 1.04. The van der Waals surface area contributed by atoms with Crippen LogP contribution in [0.2, 0.25) is 0 Å². The van der Waals surface area contributed by atoms with Crippen molar-refractivity contribution in [3.8, 4) is 5.88 Å². The van der Waals surface area contributed by atoms with Gasteiger partial charge in [0.15, 0.2) is 5.69 Å². The molecule has 5 nitrogen and oxygen atoms in total. The highest BCUT2D eigenvalue weighted by Crippen LogP contribution is 2.06. The number of aromatic amines is 1. The lowest BCUT2D eigenvalue weighted by molar-refractivity contribution is 0.0519. The number of nitrogens with zero attached hydrogens (tertiary/aromatic N) is 1. The molecule has 0 saturated carbocycles. The lowest BCUT2D eigenvalue weighted by atomic mass is 10.4. The molecular weight excluding hydrogens is 148 g/mol. The first-order valence-corrected chi connectivity index (χ1v) is 3.13. The molecule has 0 aliphatic carbocycles. The minimum Gasteiger partial charge on any atom is -0.461 e. The zero-order chi connectivity index (χ0) is 8.27. The number of carbonyl (C=O) groups excluding carboxylic acids is 1. The van der Waals surface area contributed by atoms with Gasteiger partial charge < -0.3 is 4.74 Å². The van der Waals surface area contributed by atoms with Gasteiger partial charge in [-0.3, -0.25) is 5.11 Å². The molecule has 1 aromatic rings. The Morgan fingerprint density at radius 1 is 1.82 bits per heavy atom. The normalized spacial score (nSPS) is 9.55. The molecule has 11 heavy (non-hydrogen) atoms. The zero-order valence-electron chi connectivity index (χ0n) is 5.96. The largest absolute Gasteiger partial charge is 0.461 e. The Labute approximate surface area is 63.0 Å². The maximum atomic E-state index is 10.8. The third kappa shape index (κ3) is 1.70. The summed E-state index contributed by atoms with van der Waals surface area (Å²) in [7, 11) is 0. The van der Waals surface area contributed by atoms with Crippen molar-refractivity contribution < 1.29 is 14.6 Å². The fourth-order valence-electron chi connectivity index (χ4n) is 0.614. The topological polar surface area (TPSA) is 74.9 Å². The van der Waals surface area contributed by atoms with Crippen molar-refractivity contribution in [3.63, 3.8) is 0 Å². The molecule has 0 spiro atoms. The van der Waals surface area contributed by atoms with Crippen molar-refractivity contribution in [2.24, 2.45) is 0 Å². The Morgan fingerprint density at radius 2 is 2.55 bits per heavy atom. The van der Waals surface area contributed by atoms with E-state index in [1.807, 2.05) is 0 Å². The van der Waals surface area contributed by atoms with Crippen LogP contribution in [-0.4, -0.2) is 22.8 Å². The predicted octanol–water partition coefficient (Wildman–Crippen LogP) is 0.730. The van der Waals surface area contributed by atoms with E-state index in [0.29, 0.717) is 0 Å². The number of hydrogen-bond acceptors (Lipinski definition) is 3. The predicted molar refractivity (Wildman–Crippen MR) is 34.7 cm³/mol. The van der Waals surface area contributed by atoms with E-state index in [9.17, 15) is 9.90 Å². The number of hydrogen-bond donors (Lipinski definition) is 1. The van der Waals surface area contributed by atoms with Crippen molar-refractivity contribution in [1.29, 1.82) is 0 Å². The summed E-state index contributed by atoms with van der Waals surface area (Å²) >= 11 is 0. The average molecular weight is 155 g/mol. The second-order valence-corrected chi connectivity index (χ2v) is 1.84. The molecule has 0 aliphatic rings. The van der Waals surface area contributed by atoms with Crippen LogP contribution in [0.4, 0.5) is 0 Å². The second kappa shape index (κ2) is 3.05. The summed E-state index contributed by atoms with van der Waals surface area (Å²) in [4.78, 5) is 10.8. The van der Waals surface area contributed by atoms with Gasteiger partial charge in [0.25, 0.3) is 5.88 Å². The van der Waals surface area contributed by atoms with Gasteiger partial charge in [0.05, 0.1) is 6.61 Å². The third-order valence-corrected chi connectivity index (χ3v) is 1.04. The Morgan fingerprint density at radius 3 is 3.00 bits per heavy atom. The van der Waals surface area contributed by atoms with Crippen LogP contribution in [0.3, 0.4) is 0 Å². The van der Waals surface area contributed by atoms with E-state index >= 15 is 0 Å². The number of rotatable bonds is 2. The quantitative estimate of drug-likeness (QED) is 0.639. The monoisotopic (exact) mass is 155 g/mol. The van der Waals surface area contributed by atoms with Crippen LogP contribution < -0.4 is 0 Å². The van der Waals surface area contributed by atoms with Gasteiger partial charge in [0.1, 0.15) is 0 Å². The minimum absolute atomic E-state index is 0.0249. The Kier molecular flexibility index (Phi) is 2.10. The zero-order valence-corrected chi connectivity index (χ0v) is 5.96. The summed E-state index contributed by atoms with van der Waals surface area (Å²) < 4.78 is 4.58. The molecule has 5 heteroatoms. The maximum absolute atomic E-state index is 10.8. The van der Waals surface area contributed by atoms with Crippen molar-refractivity contribution in [2.75, 3.05) is 6.61 Å². The van der Waals surface area contributed by atoms with Gasteiger partial charge >= 0.3 is 5.97 Å². The molecule has 0 amide bonds. The molecule has 1 heterocycles. The van der Waals surface area contributed by atoms with Gasteiger partial charge in [0.2, 0.25) is 0 Å². The molecule has 0 saturated heterocycles. The van der Waals surface area contributed by atoms with Crippen LogP contribution in [-0.2, 0) is 9.84 Å². The number of nitrogens with one attached hydrogen (secondary N) is 1. The highest BCUT2D eigenvalue weighted by atomic mass is 16.5. The van der Waals surface area contributed by atoms with Crippen molar-refractivity contribution in [2.45, 2.75) is 6.92 Å². The number of carbonyl (C=O) groups is 1. The fourth-order valence-corrected chi connectivity index (χ4v) is 0.614. The summed E-state index contributed by atoms with van der Waals surface area (Å²) in [5.74, 6) is -0.973. The molecule has 0 aliphatic heterocycles. The average Bonchev–Trinajstić information content (AvgIpc) is 2.36. The van der Waals surface area contributed by atoms with Crippen LogP contribution in [0.5, 0.6) is 5.88 Å². The summed E-state index contributed by atoms with van der Waals surface area (Å²) in [6, 6.07) is 1.10. The molecule has 1 N–H and O–H groups in total. The molecule has 1 aromatic heterocycles. The maximum Gasteiger partial charge on any atom is 0.358 e. The van der Waals surface area contributed by atoms with E-state index in [1.165, 1.54) is 0 Å². The first kappa shape index (κ1) is 7.59. The number of H-pyrrole nitrogens is 1. The van der Waals surface area contributed by atoms with Crippen LogP contribution in [0.15, 0.2) is 6.07 Å². The van der Waals surface area contributed by atoms with E-state index in [4.69, 9.17) is 0 Å². The van der Waals surface area contributed by atoms with E-state index < -0.39 is 11.8 Å². The standard InChI is InChI=1S/C6H7N2O3/c1-2-11-6(10)4-3-5(9)8-7-4/h3H,2H2,1H3,(H,7,8). The first-order valence-electron chi connectivity index (χ1n) is 3.13. The number of esters is 1. The number of aromatic nitrogens is 2. The van der Waals surface area contributed by atoms with Crippen molar-refractivity contribution in [1.82, 2.24) is 10.2 Å². The van der Waals surface area contributed by atoms with Gasteiger partial charge in [-0.1, -0.05) is 0 Å².